The zero-order valence-electron chi connectivity index (χ0n) is 23.0. The molecule has 5 nitrogen and oxygen atoms in total. The summed E-state index contributed by atoms with van der Waals surface area (Å²) in [6.45, 7) is 0. The highest BCUT2D eigenvalue weighted by atomic mass is 15.1. The van der Waals surface area contributed by atoms with Crippen LogP contribution < -0.4 is 0 Å². The molecule has 0 saturated carbocycles. The van der Waals surface area contributed by atoms with Crippen molar-refractivity contribution in [2.45, 2.75) is 0 Å². The van der Waals surface area contributed by atoms with Crippen molar-refractivity contribution in [3.8, 4) is 11.4 Å². The first-order valence-corrected chi connectivity index (χ1v) is 14.5. The summed E-state index contributed by atoms with van der Waals surface area (Å²) in [6, 6.07) is 41.4. The summed E-state index contributed by atoms with van der Waals surface area (Å²) in [5.41, 5.74) is 9.09. The molecule has 0 radical (unpaired) electrons. The molecule has 5 heteroatoms. The summed E-state index contributed by atoms with van der Waals surface area (Å²) in [7, 11) is 0. The molecule has 5 heterocycles. The zero-order chi connectivity index (χ0) is 28.1. The van der Waals surface area contributed by atoms with Crippen molar-refractivity contribution in [2.24, 2.45) is 0 Å². The van der Waals surface area contributed by atoms with E-state index in [0.29, 0.717) is 0 Å². The molecule has 5 aromatic heterocycles. The first kappa shape index (κ1) is 22.7. The van der Waals surface area contributed by atoms with Crippen LogP contribution in [0.2, 0.25) is 0 Å². The number of aromatic nitrogens is 5. The largest absolute Gasteiger partial charge is 0.307 e. The molecule has 0 spiro atoms. The first-order chi connectivity index (χ1) is 21.4. The van der Waals surface area contributed by atoms with Crippen LogP contribution in [0.15, 0.2) is 140 Å². The van der Waals surface area contributed by atoms with Gasteiger partial charge in [0, 0.05) is 73.9 Å². The summed E-state index contributed by atoms with van der Waals surface area (Å²) >= 11 is 0. The third kappa shape index (κ3) is 2.90. The van der Waals surface area contributed by atoms with Crippen LogP contribution in [0.25, 0.3) is 82.3 Å². The van der Waals surface area contributed by atoms with Crippen LogP contribution in [-0.2, 0) is 0 Å². The van der Waals surface area contributed by atoms with E-state index in [0.717, 1.165) is 44.2 Å². The molecule has 200 valence electrons. The van der Waals surface area contributed by atoms with Crippen LogP contribution in [0.4, 0.5) is 0 Å². The lowest BCUT2D eigenvalue weighted by Gasteiger charge is -2.12. The summed E-state index contributed by atoms with van der Waals surface area (Å²) in [5.74, 6) is 0. The van der Waals surface area contributed by atoms with Gasteiger partial charge in [0.05, 0.1) is 27.6 Å². The lowest BCUT2D eigenvalue weighted by molar-refractivity contribution is 1.15. The van der Waals surface area contributed by atoms with Crippen LogP contribution in [0, 0.1) is 0 Å². The summed E-state index contributed by atoms with van der Waals surface area (Å²) in [6.07, 6.45) is 7.80. The SMILES string of the molecule is c1ccc(-n2c3ccccc3c3ccc4c5c(ccc6c7cnccc7c7nccn7c65)n(-c5ccccc5)c4c32)cc1. The molecule has 0 amide bonds. The fourth-order valence-corrected chi connectivity index (χ4v) is 7.27. The molecule has 0 bridgehead atoms. The number of fused-ring (bicyclic) bond motifs is 14. The van der Waals surface area contributed by atoms with E-state index in [1.54, 1.807) is 0 Å². The second kappa shape index (κ2) is 8.30. The second-order valence-electron chi connectivity index (χ2n) is 11.1. The fourth-order valence-electron chi connectivity index (χ4n) is 7.27. The smallest absolute Gasteiger partial charge is 0.145 e. The van der Waals surface area contributed by atoms with Crippen molar-refractivity contribution in [3.05, 3.63) is 140 Å². The van der Waals surface area contributed by atoms with Crippen molar-refractivity contribution in [1.82, 2.24) is 23.5 Å². The molecule has 0 saturated heterocycles. The Labute approximate surface area is 245 Å². The van der Waals surface area contributed by atoms with Gasteiger partial charge in [0.1, 0.15) is 5.65 Å². The maximum absolute atomic E-state index is 4.81. The van der Waals surface area contributed by atoms with Crippen molar-refractivity contribution < 1.29 is 0 Å². The molecule has 0 N–H and O–H groups in total. The Morgan fingerprint density at radius 2 is 1.09 bits per heavy atom. The Hall–Kier alpha value is -5.94. The van der Waals surface area contributed by atoms with Crippen LogP contribution in [0.3, 0.4) is 0 Å². The Morgan fingerprint density at radius 3 is 1.91 bits per heavy atom. The van der Waals surface area contributed by atoms with E-state index in [9.17, 15) is 0 Å². The average molecular weight is 550 g/mol. The molecule has 10 aromatic rings. The quantitative estimate of drug-likeness (QED) is 0.202. The van der Waals surface area contributed by atoms with Gasteiger partial charge in [0.25, 0.3) is 0 Å². The number of para-hydroxylation sites is 3. The lowest BCUT2D eigenvalue weighted by Crippen LogP contribution is -1.98. The van der Waals surface area contributed by atoms with Crippen molar-refractivity contribution in [2.75, 3.05) is 0 Å². The molecule has 0 aliphatic heterocycles. The van der Waals surface area contributed by atoms with Gasteiger partial charge in [-0.3, -0.25) is 9.38 Å². The van der Waals surface area contributed by atoms with Crippen molar-refractivity contribution >= 4 is 70.9 Å². The van der Waals surface area contributed by atoms with Gasteiger partial charge in [-0.15, -0.1) is 0 Å². The highest BCUT2D eigenvalue weighted by Gasteiger charge is 2.23. The predicted molar refractivity (Wildman–Crippen MR) is 177 cm³/mol. The number of hydrogen-bond acceptors (Lipinski definition) is 2. The van der Waals surface area contributed by atoms with Crippen molar-refractivity contribution in [3.63, 3.8) is 0 Å². The Kier molecular flexibility index (Phi) is 4.39. The van der Waals surface area contributed by atoms with Crippen LogP contribution in [0.1, 0.15) is 0 Å². The van der Waals surface area contributed by atoms with Crippen LogP contribution >= 0.6 is 0 Å². The number of rotatable bonds is 2. The molecular formula is C38H23N5. The molecule has 5 aromatic carbocycles. The lowest BCUT2D eigenvalue weighted by atomic mass is 10.0. The predicted octanol–water partition coefficient (Wildman–Crippen LogP) is 9.23. The fraction of sp³-hybridized carbons (Fsp3) is 0. The molecule has 43 heavy (non-hydrogen) atoms. The van der Waals surface area contributed by atoms with E-state index in [1.807, 2.05) is 18.6 Å². The molecule has 0 unspecified atom stereocenters. The van der Waals surface area contributed by atoms with Gasteiger partial charge in [-0.25, -0.2) is 4.98 Å². The third-order valence-electron chi connectivity index (χ3n) is 8.96. The van der Waals surface area contributed by atoms with Gasteiger partial charge in [-0.2, -0.15) is 0 Å². The van der Waals surface area contributed by atoms with E-state index >= 15 is 0 Å². The van der Waals surface area contributed by atoms with Gasteiger partial charge in [0.2, 0.25) is 0 Å². The Morgan fingerprint density at radius 1 is 0.442 bits per heavy atom. The maximum Gasteiger partial charge on any atom is 0.145 e. The van der Waals surface area contributed by atoms with Crippen LogP contribution in [-0.4, -0.2) is 23.5 Å². The number of nitrogens with zero attached hydrogens (tertiary/aromatic N) is 5. The minimum atomic E-state index is 0.942. The topological polar surface area (TPSA) is 40.1 Å². The number of hydrogen-bond donors (Lipinski definition) is 0. The van der Waals surface area contributed by atoms with E-state index in [4.69, 9.17) is 4.98 Å². The van der Waals surface area contributed by atoms with E-state index in [2.05, 4.69) is 140 Å². The van der Waals surface area contributed by atoms with E-state index in [1.165, 1.54) is 38.1 Å². The van der Waals surface area contributed by atoms with Gasteiger partial charge in [0.15, 0.2) is 0 Å². The van der Waals surface area contributed by atoms with E-state index in [-0.39, 0.29) is 0 Å². The van der Waals surface area contributed by atoms with Gasteiger partial charge in [-0.1, -0.05) is 72.8 Å². The highest BCUT2D eigenvalue weighted by Crippen LogP contribution is 2.44. The molecule has 0 aliphatic rings. The zero-order valence-corrected chi connectivity index (χ0v) is 23.0. The highest BCUT2D eigenvalue weighted by molar-refractivity contribution is 6.30. The molecule has 0 atom stereocenters. The standard InChI is InChI=1S/C38H23N5/c1-3-9-24(10-4-1)42-32-14-8-7-13-26(32)27-15-16-30-34-33(43(37(30)36(27)42)25-11-5-2-6-12-25)18-17-28-31-23-39-20-19-29(31)38-40-21-22-41(38)35(28)34/h1-23H. The minimum absolute atomic E-state index is 0.942. The van der Waals surface area contributed by atoms with Gasteiger partial charge in [-0.05, 0) is 42.5 Å². The molecular weight excluding hydrogens is 526 g/mol. The molecule has 10 rings (SSSR count). The van der Waals surface area contributed by atoms with Crippen LogP contribution in [0.5, 0.6) is 0 Å². The second-order valence-corrected chi connectivity index (χ2v) is 11.1. The normalized spacial score (nSPS) is 12.2. The maximum atomic E-state index is 4.81. The summed E-state index contributed by atoms with van der Waals surface area (Å²) < 4.78 is 7.13. The van der Waals surface area contributed by atoms with Crippen molar-refractivity contribution in [1.29, 1.82) is 0 Å². The van der Waals surface area contributed by atoms with Gasteiger partial charge < -0.3 is 9.13 Å². The Bertz CT molecular complexity index is 2710. The molecule has 0 aliphatic carbocycles. The number of imidazole rings is 1. The third-order valence-corrected chi connectivity index (χ3v) is 8.96. The average Bonchev–Trinajstić information content (AvgIpc) is 3.78. The minimum Gasteiger partial charge on any atom is -0.307 e. The first-order valence-electron chi connectivity index (χ1n) is 14.5. The Balaban J connectivity index is 1.54. The summed E-state index contributed by atoms with van der Waals surface area (Å²) in [5, 5.41) is 8.26. The number of pyridine rings is 2. The summed E-state index contributed by atoms with van der Waals surface area (Å²) in [4.78, 5) is 9.32. The molecule has 0 fully saturated rings. The number of benzene rings is 5. The monoisotopic (exact) mass is 549 g/mol. The van der Waals surface area contributed by atoms with Gasteiger partial charge >= 0.3 is 0 Å². The van der Waals surface area contributed by atoms with E-state index < -0.39 is 0 Å².